The lowest BCUT2D eigenvalue weighted by Crippen LogP contribution is -2.34. The van der Waals surface area contributed by atoms with Crippen molar-refractivity contribution in [2.24, 2.45) is 0 Å². The second-order valence-electron chi connectivity index (χ2n) is 7.11. The number of carbonyl (C=O) groups is 1. The highest BCUT2D eigenvalue weighted by Crippen LogP contribution is 2.41. The number of thioether (sulfide) groups is 1. The van der Waals surface area contributed by atoms with Gasteiger partial charge in [0.2, 0.25) is 5.79 Å². The van der Waals surface area contributed by atoms with Crippen molar-refractivity contribution in [3.63, 3.8) is 0 Å². The molecule has 32 heavy (non-hydrogen) atoms. The number of carbonyl (C=O) groups excluding carboxylic acids is 1. The van der Waals surface area contributed by atoms with Crippen LogP contribution < -0.4 is 5.32 Å². The van der Waals surface area contributed by atoms with Gasteiger partial charge in [0.1, 0.15) is 0 Å². The molecule has 0 aliphatic carbocycles. The topological polar surface area (TPSA) is 74.6 Å². The minimum absolute atomic E-state index is 0.150. The maximum absolute atomic E-state index is 11.3. The smallest absolute Gasteiger partial charge is 0.411 e. The fourth-order valence-corrected chi connectivity index (χ4v) is 4.79. The van der Waals surface area contributed by atoms with Crippen molar-refractivity contribution >= 4 is 46.7 Å². The van der Waals surface area contributed by atoms with Gasteiger partial charge in [0.05, 0.1) is 37.7 Å². The fourth-order valence-electron chi connectivity index (χ4n) is 3.37. The lowest BCUT2D eigenvalue weighted by atomic mass is 10.1. The molecule has 0 spiro atoms. The summed E-state index contributed by atoms with van der Waals surface area (Å²) in [6, 6.07) is 12.8. The molecule has 168 valence electrons. The second kappa shape index (κ2) is 10.1. The van der Waals surface area contributed by atoms with Gasteiger partial charge in [-0.2, -0.15) is 0 Å². The zero-order valence-electron chi connectivity index (χ0n) is 17.2. The Kier molecular flexibility index (Phi) is 7.27. The molecule has 1 saturated heterocycles. The Morgan fingerprint density at radius 1 is 1.31 bits per heavy atom. The van der Waals surface area contributed by atoms with Crippen LogP contribution in [0.15, 0.2) is 66.1 Å². The van der Waals surface area contributed by atoms with E-state index in [-0.39, 0.29) is 6.10 Å². The molecule has 2 heterocycles. The summed E-state index contributed by atoms with van der Waals surface area (Å²) in [5.41, 5.74) is 1.39. The zero-order valence-corrected chi connectivity index (χ0v) is 19.5. The quantitative estimate of drug-likeness (QED) is 0.442. The average molecular weight is 494 g/mol. The van der Waals surface area contributed by atoms with Gasteiger partial charge < -0.3 is 18.8 Å². The molecular formula is C22H21Cl2N3O4S. The van der Waals surface area contributed by atoms with E-state index >= 15 is 0 Å². The Labute approximate surface area is 200 Å². The van der Waals surface area contributed by atoms with Crippen LogP contribution in [0.25, 0.3) is 0 Å². The van der Waals surface area contributed by atoms with Crippen LogP contribution >= 0.6 is 35.0 Å². The van der Waals surface area contributed by atoms with E-state index in [2.05, 4.69) is 15.0 Å². The van der Waals surface area contributed by atoms with E-state index in [1.807, 2.05) is 41.1 Å². The van der Waals surface area contributed by atoms with E-state index in [1.54, 1.807) is 36.4 Å². The van der Waals surface area contributed by atoms with Crippen molar-refractivity contribution < 1.29 is 19.0 Å². The van der Waals surface area contributed by atoms with E-state index in [0.717, 1.165) is 10.5 Å². The highest BCUT2D eigenvalue weighted by Gasteiger charge is 2.45. The summed E-state index contributed by atoms with van der Waals surface area (Å²) >= 11 is 14.2. The first-order valence-corrected chi connectivity index (χ1v) is 11.5. The number of anilines is 1. The molecule has 1 amide bonds. The molecule has 1 aliphatic heterocycles. The van der Waals surface area contributed by atoms with Gasteiger partial charge >= 0.3 is 6.09 Å². The highest BCUT2D eigenvalue weighted by atomic mass is 35.5. The molecule has 0 saturated carbocycles. The molecule has 4 rings (SSSR count). The van der Waals surface area contributed by atoms with Crippen molar-refractivity contribution in [3.8, 4) is 0 Å². The summed E-state index contributed by atoms with van der Waals surface area (Å²) in [4.78, 5) is 16.5. The van der Waals surface area contributed by atoms with Gasteiger partial charge in [-0.05, 0) is 36.4 Å². The minimum Gasteiger partial charge on any atom is -0.453 e. The molecule has 1 aliphatic rings. The number of benzene rings is 2. The third kappa shape index (κ3) is 5.39. The summed E-state index contributed by atoms with van der Waals surface area (Å²) in [5.74, 6) is -0.359. The maximum atomic E-state index is 11.3. The number of ether oxygens (including phenoxy) is 3. The molecule has 1 aromatic heterocycles. The van der Waals surface area contributed by atoms with Crippen molar-refractivity contribution in [3.05, 3.63) is 76.8 Å². The van der Waals surface area contributed by atoms with Gasteiger partial charge in [0.15, 0.2) is 0 Å². The minimum atomic E-state index is -1.04. The Balaban J connectivity index is 1.45. The Bertz CT molecular complexity index is 1070. The molecule has 2 atom stereocenters. The number of amides is 1. The standard InChI is InChI=1S/C22H21Cl2N3O4S/c1-29-21(28)26-16-3-5-18(6-4-16)32-12-17-11-30-22(31-17,13-27-9-8-25-14-27)19-7-2-15(23)10-20(19)24/h2-10,14,17H,11-13H2,1H3,(H,26,28)/t17-,22+/m0/s1. The highest BCUT2D eigenvalue weighted by molar-refractivity contribution is 7.99. The molecule has 7 nitrogen and oxygen atoms in total. The molecule has 0 radical (unpaired) electrons. The van der Waals surface area contributed by atoms with Crippen molar-refractivity contribution in [2.45, 2.75) is 23.3 Å². The van der Waals surface area contributed by atoms with Gasteiger partial charge in [-0.15, -0.1) is 11.8 Å². The van der Waals surface area contributed by atoms with Gasteiger partial charge in [0, 0.05) is 39.3 Å². The summed E-state index contributed by atoms with van der Waals surface area (Å²) in [6.45, 7) is 0.825. The van der Waals surface area contributed by atoms with E-state index in [0.29, 0.717) is 34.6 Å². The van der Waals surface area contributed by atoms with Crippen molar-refractivity contribution in [1.82, 2.24) is 9.55 Å². The Morgan fingerprint density at radius 2 is 2.12 bits per heavy atom. The summed E-state index contributed by atoms with van der Waals surface area (Å²) < 4.78 is 19.2. The van der Waals surface area contributed by atoms with E-state index in [9.17, 15) is 4.79 Å². The Morgan fingerprint density at radius 3 is 2.81 bits per heavy atom. The second-order valence-corrected chi connectivity index (χ2v) is 9.05. The zero-order chi connectivity index (χ0) is 22.6. The lowest BCUT2D eigenvalue weighted by molar-refractivity contribution is -0.184. The lowest BCUT2D eigenvalue weighted by Gasteiger charge is -2.30. The molecule has 10 heteroatoms. The van der Waals surface area contributed by atoms with E-state index in [4.69, 9.17) is 32.7 Å². The first-order chi connectivity index (χ1) is 15.5. The molecule has 0 unspecified atom stereocenters. The summed E-state index contributed by atoms with van der Waals surface area (Å²) in [6.07, 6.45) is 4.62. The third-order valence-electron chi connectivity index (χ3n) is 4.87. The number of hydrogen-bond donors (Lipinski definition) is 1. The molecule has 3 aromatic rings. The van der Waals surface area contributed by atoms with Gasteiger partial charge in [-0.1, -0.05) is 29.3 Å². The first kappa shape index (κ1) is 22.9. The number of nitrogens with zero attached hydrogens (tertiary/aromatic N) is 2. The Hall–Kier alpha value is -2.23. The monoisotopic (exact) mass is 493 g/mol. The number of aromatic nitrogens is 2. The number of halogens is 2. The number of nitrogens with one attached hydrogen (secondary N) is 1. The number of methoxy groups -OCH3 is 1. The molecule has 1 N–H and O–H groups in total. The predicted molar refractivity (Wildman–Crippen MR) is 124 cm³/mol. The summed E-state index contributed by atoms with van der Waals surface area (Å²) in [7, 11) is 1.33. The molecular weight excluding hydrogens is 473 g/mol. The van der Waals surface area contributed by atoms with Gasteiger partial charge in [-0.25, -0.2) is 9.78 Å². The SMILES string of the molecule is COC(=O)Nc1ccc(SC[C@@H]2CO[C@@](Cn3ccnc3)(c3ccc(Cl)cc3Cl)O2)cc1. The first-order valence-electron chi connectivity index (χ1n) is 9.78. The molecule has 0 bridgehead atoms. The van der Waals surface area contributed by atoms with Crippen LogP contribution in [0.1, 0.15) is 5.56 Å². The average Bonchev–Trinajstić information content (AvgIpc) is 3.44. The number of imidazole rings is 1. The van der Waals surface area contributed by atoms with E-state index in [1.165, 1.54) is 7.11 Å². The van der Waals surface area contributed by atoms with Crippen molar-refractivity contribution in [2.75, 3.05) is 24.8 Å². The van der Waals surface area contributed by atoms with Gasteiger partial charge in [0.25, 0.3) is 0 Å². The maximum Gasteiger partial charge on any atom is 0.411 e. The largest absolute Gasteiger partial charge is 0.453 e. The number of rotatable bonds is 7. The third-order valence-corrected chi connectivity index (χ3v) is 6.56. The van der Waals surface area contributed by atoms with Crippen molar-refractivity contribution in [1.29, 1.82) is 0 Å². The van der Waals surface area contributed by atoms with Crippen LogP contribution in [0.2, 0.25) is 10.0 Å². The van der Waals surface area contributed by atoms with Crippen LogP contribution in [-0.4, -0.2) is 41.2 Å². The van der Waals surface area contributed by atoms with Gasteiger partial charge in [-0.3, -0.25) is 5.32 Å². The van der Waals surface area contributed by atoms with Crippen LogP contribution in [0.5, 0.6) is 0 Å². The number of hydrogen-bond acceptors (Lipinski definition) is 6. The summed E-state index contributed by atoms with van der Waals surface area (Å²) in [5, 5.41) is 3.66. The van der Waals surface area contributed by atoms with Crippen LogP contribution in [0.4, 0.5) is 10.5 Å². The van der Waals surface area contributed by atoms with Crippen LogP contribution in [0, 0.1) is 0 Å². The molecule has 2 aromatic carbocycles. The predicted octanol–water partition coefficient (Wildman–Crippen LogP) is 5.43. The van der Waals surface area contributed by atoms with Crippen LogP contribution in [-0.2, 0) is 26.5 Å². The normalized spacial score (nSPS) is 20.3. The fraction of sp³-hybridized carbons (Fsp3) is 0.273. The van der Waals surface area contributed by atoms with Crippen LogP contribution in [0.3, 0.4) is 0 Å². The van der Waals surface area contributed by atoms with E-state index < -0.39 is 11.9 Å². The molecule has 1 fully saturated rings.